The lowest BCUT2D eigenvalue weighted by Gasteiger charge is -2.37. The average Bonchev–Trinajstić information content (AvgIpc) is 3.78. The van der Waals surface area contributed by atoms with Gasteiger partial charge in [-0.2, -0.15) is 0 Å². The van der Waals surface area contributed by atoms with Gasteiger partial charge in [-0.15, -0.1) is 11.3 Å². The topological polar surface area (TPSA) is 202 Å². The monoisotopic (exact) mass is 922 g/mol. The van der Waals surface area contributed by atoms with E-state index in [9.17, 15) is 19.5 Å². The maximum Gasteiger partial charge on any atom is 0.270 e. The molecule has 0 radical (unpaired) electrons. The van der Waals surface area contributed by atoms with Crippen molar-refractivity contribution in [2.24, 2.45) is 17.6 Å². The molecule has 5 atom stereocenters. The van der Waals surface area contributed by atoms with E-state index in [-0.39, 0.29) is 47.6 Å². The van der Waals surface area contributed by atoms with Gasteiger partial charge >= 0.3 is 0 Å². The number of benzene rings is 1. The van der Waals surface area contributed by atoms with E-state index in [4.69, 9.17) is 43.9 Å². The Balaban J connectivity index is 1.46. The van der Waals surface area contributed by atoms with Crippen LogP contribution in [-0.4, -0.2) is 150 Å². The zero-order valence-electron chi connectivity index (χ0n) is 39.4. The second kappa shape index (κ2) is 32.4. The number of fused-ring (bicyclic) bond motifs is 1. The van der Waals surface area contributed by atoms with Gasteiger partial charge in [-0.05, 0) is 60.8 Å². The van der Waals surface area contributed by atoms with Gasteiger partial charge in [0.1, 0.15) is 22.6 Å². The molecule has 0 bridgehead atoms. The average molecular weight is 922 g/mol. The maximum absolute atomic E-state index is 13.8. The number of carbonyl (C=O) groups is 3. The highest BCUT2D eigenvalue weighted by Crippen LogP contribution is 2.35. The molecule has 0 spiro atoms. The molecule has 16 nitrogen and oxygen atoms in total. The van der Waals surface area contributed by atoms with Crippen molar-refractivity contribution >= 4 is 29.1 Å². The molecule has 17 heteroatoms. The van der Waals surface area contributed by atoms with Gasteiger partial charge in [0, 0.05) is 56.5 Å². The van der Waals surface area contributed by atoms with Gasteiger partial charge in [0.15, 0.2) is 0 Å². The van der Waals surface area contributed by atoms with Crippen LogP contribution in [-0.2, 0) is 49.2 Å². The first kappa shape index (κ1) is 55.1. The fourth-order valence-corrected chi connectivity index (χ4v) is 8.28. The van der Waals surface area contributed by atoms with Crippen molar-refractivity contribution in [3.8, 4) is 5.75 Å². The fraction of sp³-hybridized carbons (Fsp3) is 0.745. The number of phenols is 1. The van der Waals surface area contributed by atoms with Crippen LogP contribution in [0.5, 0.6) is 5.75 Å². The van der Waals surface area contributed by atoms with E-state index < -0.39 is 5.92 Å². The van der Waals surface area contributed by atoms with Crippen LogP contribution in [0.4, 0.5) is 0 Å². The zero-order chi connectivity index (χ0) is 46.5. The summed E-state index contributed by atoms with van der Waals surface area (Å²) < 4.78 is 39.3. The Labute approximate surface area is 385 Å². The predicted molar refractivity (Wildman–Crippen MR) is 248 cm³/mol. The number of aromatic hydroxyl groups is 1. The molecule has 0 fully saturated rings. The Bertz CT molecular complexity index is 1600. The Morgan fingerprint density at radius 1 is 0.859 bits per heavy atom. The number of nitrogens with two attached hydrogens (primary N) is 1. The summed E-state index contributed by atoms with van der Waals surface area (Å²) in [4.78, 5) is 47.8. The highest BCUT2D eigenvalue weighted by Gasteiger charge is 2.34. The fourth-order valence-electron chi connectivity index (χ4n) is 7.42. The number of amides is 3. The standard InChI is InChI=1S/C47H79N5O11S/c1-7-14-52(44(54)28-35(6)9-3)42(34(4)5)32-43(63-15-8-2)47-51-41(33-64-47)46(56)50-37-29-36-10-11-38(53)31-39(36)40(30-37)45(55)49-13-17-58-19-21-60-23-25-62-27-26-61-24-22-59-20-18-57-16-12-48/h10-11,31,33-35,37,40,42-43,53H,7-9,12-30,32,48H2,1-6H3,(H,49,55)(H,50,56)/t35-,37-,40+,42?,43+/m0/s1. The number of carbonyl (C=O) groups excluding carboxylic acids is 3. The minimum atomic E-state index is -0.588. The second-order valence-corrected chi connectivity index (χ2v) is 17.5. The molecule has 364 valence electrons. The largest absolute Gasteiger partial charge is 0.508 e. The summed E-state index contributed by atoms with van der Waals surface area (Å²) in [6.07, 6.45) is 4.21. The molecule has 1 aliphatic carbocycles. The Hall–Kier alpha value is -3.26. The molecule has 3 rings (SSSR count). The van der Waals surface area contributed by atoms with Crippen molar-refractivity contribution in [1.82, 2.24) is 20.5 Å². The number of phenolic OH excluding ortho intramolecular Hbond substituents is 1. The van der Waals surface area contributed by atoms with Crippen molar-refractivity contribution in [2.75, 3.05) is 106 Å². The highest BCUT2D eigenvalue weighted by atomic mass is 32.1. The molecule has 64 heavy (non-hydrogen) atoms. The maximum atomic E-state index is 13.8. The third kappa shape index (κ3) is 20.5. The molecule has 1 aromatic heterocycles. The highest BCUT2D eigenvalue weighted by molar-refractivity contribution is 7.09. The molecular formula is C47H79N5O11S. The van der Waals surface area contributed by atoms with Crippen molar-refractivity contribution < 1.29 is 52.6 Å². The Morgan fingerprint density at radius 2 is 1.47 bits per heavy atom. The first-order chi connectivity index (χ1) is 31.0. The van der Waals surface area contributed by atoms with Crippen LogP contribution in [0.15, 0.2) is 23.6 Å². The Kier molecular flexibility index (Phi) is 27.9. The van der Waals surface area contributed by atoms with E-state index in [0.717, 1.165) is 30.4 Å². The summed E-state index contributed by atoms with van der Waals surface area (Å²) >= 11 is 1.39. The molecule has 1 aromatic carbocycles. The first-order valence-electron chi connectivity index (χ1n) is 23.5. The minimum Gasteiger partial charge on any atom is -0.508 e. The number of ether oxygens (including phenoxy) is 7. The van der Waals surface area contributed by atoms with E-state index in [1.54, 1.807) is 17.5 Å². The minimum absolute atomic E-state index is 0.0474. The number of hydrogen-bond acceptors (Lipinski definition) is 14. The zero-order valence-corrected chi connectivity index (χ0v) is 40.3. The van der Waals surface area contributed by atoms with Gasteiger partial charge in [-0.25, -0.2) is 4.98 Å². The first-order valence-corrected chi connectivity index (χ1v) is 24.3. The van der Waals surface area contributed by atoms with Gasteiger partial charge in [-0.1, -0.05) is 54.0 Å². The van der Waals surface area contributed by atoms with Crippen LogP contribution >= 0.6 is 11.3 Å². The second-order valence-electron chi connectivity index (χ2n) is 16.6. The molecule has 0 aliphatic heterocycles. The van der Waals surface area contributed by atoms with E-state index in [1.165, 1.54) is 11.3 Å². The molecule has 1 unspecified atom stereocenters. The SMILES string of the molecule is CCCO[C@H](CC(C(C)C)N(CCC)C(=O)C[C@@H](C)CC)c1nc(C(=O)N[C@H]2Cc3ccc(O)cc3[C@H](C(=O)NCCOCCOCCOCCOCCOCCOCCN)C2)cs1. The number of nitrogens with zero attached hydrogens (tertiary/aromatic N) is 2. The summed E-state index contributed by atoms with van der Waals surface area (Å²) in [5, 5.41) is 18.9. The normalized spacial score (nSPS) is 16.3. The van der Waals surface area contributed by atoms with E-state index in [0.29, 0.717) is 148 Å². The van der Waals surface area contributed by atoms with Crippen LogP contribution in [0.1, 0.15) is 119 Å². The quantitative estimate of drug-likeness (QED) is 0.0633. The van der Waals surface area contributed by atoms with Gasteiger partial charge in [0.05, 0.1) is 85.2 Å². The summed E-state index contributed by atoms with van der Waals surface area (Å²) in [7, 11) is 0. The lowest BCUT2D eigenvalue weighted by Crippen LogP contribution is -2.45. The van der Waals surface area contributed by atoms with Crippen molar-refractivity contribution in [1.29, 1.82) is 0 Å². The van der Waals surface area contributed by atoms with E-state index in [2.05, 4.69) is 52.2 Å². The van der Waals surface area contributed by atoms with Crippen molar-refractivity contribution in [3.05, 3.63) is 45.4 Å². The van der Waals surface area contributed by atoms with E-state index in [1.807, 2.05) is 11.0 Å². The van der Waals surface area contributed by atoms with Gasteiger partial charge in [0.2, 0.25) is 11.8 Å². The summed E-state index contributed by atoms with van der Waals surface area (Å²) in [6, 6.07) is 4.65. The van der Waals surface area contributed by atoms with Crippen LogP contribution in [0, 0.1) is 11.8 Å². The van der Waals surface area contributed by atoms with Crippen LogP contribution in [0.25, 0.3) is 0 Å². The lowest BCUT2D eigenvalue weighted by atomic mass is 9.79. The molecule has 3 amide bonds. The van der Waals surface area contributed by atoms with Crippen LogP contribution < -0.4 is 16.4 Å². The Morgan fingerprint density at radius 3 is 2.03 bits per heavy atom. The van der Waals surface area contributed by atoms with E-state index >= 15 is 0 Å². The van der Waals surface area contributed by atoms with Gasteiger partial charge in [-0.3, -0.25) is 14.4 Å². The molecular weight excluding hydrogens is 843 g/mol. The molecule has 5 N–H and O–H groups in total. The third-order valence-corrected chi connectivity index (χ3v) is 11.9. The predicted octanol–water partition coefficient (Wildman–Crippen LogP) is 5.41. The number of rotatable bonds is 36. The van der Waals surface area contributed by atoms with Crippen LogP contribution in [0.2, 0.25) is 0 Å². The molecule has 0 saturated heterocycles. The smallest absolute Gasteiger partial charge is 0.270 e. The van der Waals surface area contributed by atoms with Crippen LogP contribution in [0.3, 0.4) is 0 Å². The number of hydrogen-bond donors (Lipinski definition) is 4. The van der Waals surface area contributed by atoms with Crippen molar-refractivity contribution in [3.63, 3.8) is 0 Å². The van der Waals surface area contributed by atoms with Crippen molar-refractivity contribution in [2.45, 2.75) is 111 Å². The number of nitrogens with one attached hydrogen (secondary N) is 2. The molecule has 1 heterocycles. The number of aromatic nitrogens is 1. The van der Waals surface area contributed by atoms with Gasteiger partial charge < -0.3 is 59.5 Å². The molecule has 1 aliphatic rings. The summed E-state index contributed by atoms with van der Waals surface area (Å²) in [6.45, 7) is 20.1. The summed E-state index contributed by atoms with van der Waals surface area (Å²) in [5.41, 5.74) is 7.28. The lowest BCUT2D eigenvalue weighted by molar-refractivity contribution is -0.136. The summed E-state index contributed by atoms with van der Waals surface area (Å²) in [5.74, 6) is -0.366. The molecule has 2 aromatic rings. The number of thiazole rings is 1. The third-order valence-electron chi connectivity index (χ3n) is 11.0. The molecule has 0 saturated carbocycles. The van der Waals surface area contributed by atoms with Gasteiger partial charge in [0.25, 0.3) is 5.91 Å².